The Bertz CT molecular complexity index is 1020. The van der Waals surface area contributed by atoms with E-state index < -0.39 is 10.0 Å². The average Bonchev–Trinajstić information content (AvgIpc) is 3.16. The van der Waals surface area contributed by atoms with Gasteiger partial charge in [-0.25, -0.2) is 8.42 Å². The van der Waals surface area contributed by atoms with E-state index in [0.717, 1.165) is 10.4 Å². The lowest BCUT2D eigenvalue weighted by Crippen LogP contribution is -2.50. The molecule has 0 atom stereocenters. The zero-order valence-corrected chi connectivity index (χ0v) is 17.8. The van der Waals surface area contributed by atoms with Gasteiger partial charge in [0.1, 0.15) is 10.6 Å². The van der Waals surface area contributed by atoms with Crippen molar-refractivity contribution in [3.05, 3.63) is 45.6 Å². The SMILES string of the molecule is CC(=O)NCc1ccc(C(=O)N2CCN(S(=O)(=O)c3cc(C)ccc3O)CC2)s1. The molecule has 0 bridgehead atoms. The van der Waals surface area contributed by atoms with Crippen molar-refractivity contribution in [2.45, 2.75) is 25.3 Å². The number of sulfonamides is 1. The number of aryl methyl sites for hydroxylation is 1. The van der Waals surface area contributed by atoms with E-state index >= 15 is 0 Å². The summed E-state index contributed by atoms with van der Waals surface area (Å²) in [5.74, 6) is -0.567. The Morgan fingerprint density at radius 3 is 2.48 bits per heavy atom. The molecule has 1 aromatic carbocycles. The van der Waals surface area contributed by atoms with Crippen LogP contribution in [0.15, 0.2) is 35.2 Å². The molecule has 156 valence electrons. The van der Waals surface area contributed by atoms with Crippen molar-refractivity contribution in [3.63, 3.8) is 0 Å². The number of benzene rings is 1. The van der Waals surface area contributed by atoms with Crippen LogP contribution in [0.4, 0.5) is 0 Å². The van der Waals surface area contributed by atoms with Gasteiger partial charge in [0.15, 0.2) is 0 Å². The number of carbonyl (C=O) groups excluding carboxylic acids is 2. The largest absolute Gasteiger partial charge is 0.507 e. The number of hydrogen-bond acceptors (Lipinski definition) is 6. The fraction of sp³-hybridized carbons (Fsp3) is 0.368. The monoisotopic (exact) mass is 437 g/mol. The minimum absolute atomic E-state index is 0.113. The second-order valence-electron chi connectivity index (χ2n) is 6.84. The molecule has 0 unspecified atom stereocenters. The summed E-state index contributed by atoms with van der Waals surface area (Å²) in [4.78, 5) is 26.7. The molecule has 10 heteroatoms. The van der Waals surface area contributed by atoms with Gasteiger partial charge in [-0.3, -0.25) is 9.59 Å². The lowest BCUT2D eigenvalue weighted by atomic mass is 10.2. The van der Waals surface area contributed by atoms with Crippen LogP contribution in [0.5, 0.6) is 5.75 Å². The van der Waals surface area contributed by atoms with Gasteiger partial charge >= 0.3 is 0 Å². The number of phenols is 1. The summed E-state index contributed by atoms with van der Waals surface area (Å²) in [5.41, 5.74) is 0.739. The summed E-state index contributed by atoms with van der Waals surface area (Å²) in [6, 6.07) is 7.99. The first-order valence-corrected chi connectivity index (χ1v) is 11.4. The first kappa shape index (κ1) is 21.3. The second kappa shape index (κ2) is 8.52. The van der Waals surface area contributed by atoms with Gasteiger partial charge in [0.25, 0.3) is 5.91 Å². The van der Waals surface area contributed by atoms with Crippen LogP contribution in [0.1, 0.15) is 27.0 Å². The molecule has 2 heterocycles. The summed E-state index contributed by atoms with van der Waals surface area (Å²) < 4.78 is 27.0. The highest BCUT2D eigenvalue weighted by Gasteiger charge is 2.32. The van der Waals surface area contributed by atoms with Crippen LogP contribution >= 0.6 is 11.3 Å². The normalized spacial score (nSPS) is 15.3. The van der Waals surface area contributed by atoms with Gasteiger partial charge in [-0.05, 0) is 36.8 Å². The van der Waals surface area contributed by atoms with E-state index in [1.54, 1.807) is 30.0 Å². The van der Waals surface area contributed by atoms with Crippen LogP contribution in [-0.4, -0.2) is 60.7 Å². The quantitative estimate of drug-likeness (QED) is 0.738. The summed E-state index contributed by atoms with van der Waals surface area (Å²) >= 11 is 1.31. The molecule has 1 aromatic heterocycles. The summed E-state index contributed by atoms with van der Waals surface area (Å²) in [6.07, 6.45) is 0. The standard InChI is InChI=1S/C19H23N3O5S2/c1-13-3-5-16(24)18(11-13)29(26,27)22-9-7-21(8-10-22)19(25)17-6-4-15(28-17)12-20-14(2)23/h3-6,11,24H,7-10,12H2,1-2H3,(H,20,23). The highest BCUT2D eigenvalue weighted by atomic mass is 32.2. The number of nitrogens with zero attached hydrogens (tertiary/aromatic N) is 2. The van der Waals surface area contributed by atoms with Crippen molar-refractivity contribution in [2.24, 2.45) is 0 Å². The maximum Gasteiger partial charge on any atom is 0.264 e. The number of phenolic OH excluding ortho intramolecular Hbond substituents is 1. The number of piperazine rings is 1. The Morgan fingerprint density at radius 2 is 1.83 bits per heavy atom. The Hall–Kier alpha value is -2.43. The molecule has 1 fully saturated rings. The van der Waals surface area contributed by atoms with Crippen LogP contribution < -0.4 is 5.32 Å². The average molecular weight is 438 g/mol. The summed E-state index contributed by atoms with van der Waals surface area (Å²) in [7, 11) is -3.83. The van der Waals surface area contributed by atoms with Gasteiger partial charge in [0.2, 0.25) is 15.9 Å². The lowest BCUT2D eigenvalue weighted by molar-refractivity contribution is -0.119. The zero-order valence-electron chi connectivity index (χ0n) is 16.2. The Balaban J connectivity index is 1.65. The molecule has 1 aliphatic heterocycles. The van der Waals surface area contributed by atoms with Gasteiger partial charge in [0, 0.05) is 38.0 Å². The van der Waals surface area contributed by atoms with Gasteiger partial charge < -0.3 is 15.3 Å². The van der Waals surface area contributed by atoms with E-state index in [4.69, 9.17) is 0 Å². The van der Waals surface area contributed by atoms with Crippen molar-refractivity contribution in [3.8, 4) is 5.75 Å². The summed E-state index contributed by atoms with van der Waals surface area (Å²) in [6.45, 7) is 4.42. The number of nitrogens with one attached hydrogen (secondary N) is 1. The Labute approximate surface area is 173 Å². The number of amides is 2. The van der Waals surface area contributed by atoms with Crippen molar-refractivity contribution in [1.29, 1.82) is 0 Å². The molecule has 2 aromatic rings. The predicted molar refractivity (Wildman–Crippen MR) is 109 cm³/mol. The molecule has 29 heavy (non-hydrogen) atoms. The van der Waals surface area contributed by atoms with Crippen LogP contribution in [0.3, 0.4) is 0 Å². The minimum atomic E-state index is -3.83. The minimum Gasteiger partial charge on any atom is -0.507 e. The third-order valence-electron chi connectivity index (χ3n) is 4.64. The van der Waals surface area contributed by atoms with E-state index in [0.29, 0.717) is 11.4 Å². The van der Waals surface area contributed by atoms with Crippen molar-refractivity contribution >= 4 is 33.2 Å². The molecule has 0 aliphatic carbocycles. The first-order chi connectivity index (χ1) is 13.7. The van der Waals surface area contributed by atoms with Crippen LogP contribution in [0.2, 0.25) is 0 Å². The lowest BCUT2D eigenvalue weighted by Gasteiger charge is -2.33. The topological polar surface area (TPSA) is 107 Å². The molecule has 1 saturated heterocycles. The highest BCUT2D eigenvalue weighted by molar-refractivity contribution is 7.89. The molecule has 0 spiro atoms. The third kappa shape index (κ3) is 4.77. The van der Waals surface area contributed by atoms with Crippen molar-refractivity contribution < 1.29 is 23.1 Å². The highest BCUT2D eigenvalue weighted by Crippen LogP contribution is 2.28. The van der Waals surface area contributed by atoms with Gasteiger partial charge in [-0.15, -0.1) is 11.3 Å². The fourth-order valence-electron chi connectivity index (χ4n) is 3.05. The third-order valence-corrected chi connectivity index (χ3v) is 7.64. The van der Waals surface area contributed by atoms with Crippen LogP contribution in [-0.2, 0) is 21.4 Å². The van der Waals surface area contributed by atoms with Gasteiger partial charge in [0.05, 0.1) is 11.4 Å². The maximum absolute atomic E-state index is 12.9. The van der Waals surface area contributed by atoms with E-state index in [2.05, 4.69) is 5.32 Å². The number of carbonyl (C=O) groups is 2. The summed E-state index contributed by atoms with van der Waals surface area (Å²) in [5, 5.41) is 12.7. The number of aromatic hydroxyl groups is 1. The van der Waals surface area contributed by atoms with Crippen molar-refractivity contribution in [1.82, 2.24) is 14.5 Å². The van der Waals surface area contributed by atoms with E-state index in [1.807, 2.05) is 0 Å². The van der Waals surface area contributed by atoms with E-state index in [9.17, 15) is 23.1 Å². The van der Waals surface area contributed by atoms with Crippen LogP contribution in [0.25, 0.3) is 0 Å². The smallest absolute Gasteiger partial charge is 0.264 e. The van der Waals surface area contributed by atoms with Crippen molar-refractivity contribution in [2.75, 3.05) is 26.2 Å². The first-order valence-electron chi connectivity index (χ1n) is 9.10. The van der Waals surface area contributed by atoms with E-state index in [-0.39, 0.29) is 48.6 Å². The molecular formula is C19H23N3O5S2. The van der Waals surface area contributed by atoms with Gasteiger partial charge in [-0.1, -0.05) is 6.07 Å². The molecule has 0 radical (unpaired) electrons. The molecular weight excluding hydrogens is 414 g/mol. The number of hydrogen-bond donors (Lipinski definition) is 2. The molecule has 3 rings (SSSR count). The fourth-order valence-corrected chi connectivity index (χ4v) is 5.56. The molecule has 2 amide bonds. The number of thiophene rings is 1. The zero-order chi connectivity index (χ0) is 21.2. The molecule has 8 nitrogen and oxygen atoms in total. The second-order valence-corrected chi connectivity index (χ2v) is 9.92. The molecule has 0 saturated carbocycles. The van der Waals surface area contributed by atoms with Crippen LogP contribution in [0, 0.1) is 6.92 Å². The predicted octanol–water partition coefficient (Wildman–Crippen LogP) is 1.54. The Morgan fingerprint density at radius 1 is 1.14 bits per heavy atom. The van der Waals surface area contributed by atoms with Gasteiger partial charge in [-0.2, -0.15) is 4.31 Å². The molecule has 1 aliphatic rings. The number of rotatable bonds is 5. The maximum atomic E-state index is 12.9. The molecule has 2 N–H and O–H groups in total. The Kier molecular flexibility index (Phi) is 6.25. The van der Waals surface area contributed by atoms with E-state index in [1.165, 1.54) is 34.7 Å².